The lowest BCUT2D eigenvalue weighted by Gasteiger charge is -2.08. The van der Waals surface area contributed by atoms with Gasteiger partial charge < -0.3 is 10.0 Å². The van der Waals surface area contributed by atoms with Gasteiger partial charge in [-0.1, -0.05) is 23.2 Å². The van der Waals surface area contributed by atoms with E-state index in [0.717, 1.165) is 0 Å². The number of hydrogen-bond donors (Lipinski definition) is 2. The molecule has 0 heterocycles. The number of aldehydes is 1. The zero-order valence-electron chi connectivity index (χ0n) is 6.99. The van der Waals surface area contributed by atoms with Gasteiger partial charge in [-0.15, -0.1) is 0 Å². The fraction of sp³-hybridized carbons (Fsp3) is 0.125. The third-order valence-electron chi connectivity index (χ3n) is 1.83. The van der Waals surface area contributed by atoms with Crippen LogP contribution in [0.4, 0.5) is 0 Å². The summed E-state index contributed by atoms with van der Waals surface area (Å²) in [6.45, 7) is 1.68. The predicted octanol–water partition coefficient (Wildman–Crippen LogP) is 0.141. The summed E-state index contributed by atoms with van der Waals surface area (Å²) >= 11 is 5.69. The van der Waals surface area contributed by atoms with Crippen molar-refractivity contribution in [1.82, 2.24) is 0 Å². The molecule has 68 valence electrons. The predicted molar refractivity (Wildman–Crippen MR) is 51.4 cm³/mol. The van der Waals surface area contributed by atoms with E-state index in [-0.39, 0.29) is 16.0 Å². The van der Waals surface area contributed by atoms with Crippen LogP contribution in [0.15, 0.2) is 12.1 Å². The molecule has 0 bridgehead atoms. The summed E-state index contributed by atoms with van der Waals surface area (Å²) in [5.74, 6) is 0. The average Bonchev–Trinajstić information content (AvgIpc) is 2.07. The maximum absolute atomic E-state index is 10.6. The van der Waals surface area contributed by atoms with Crippen LogP contribution in [0.25, 0.3) is 0 Å². The Bertz CT molecular complexity index is 338. The maximum atomic E-state index is 10.6. The molecule has 0 saturated carbocycles. The molecule has 5 heteroatoms. The summed E-state index contributed by atoms with van der Waals surface area (Å²) < 4.78 is 0. The monoisotopic (exact) mass is 198 g/mol. The van der Waals surface area contributed by atoms with Crippen molar-refractivity contribution in [1.29, 1.82) is 0 Å². The molecule has 0 aliphatic rings. The van der Waals surface area contributed by atoms with Gasteiger partial charge in [0.2, 0.25) is 0 Å². The standard InChI is InChI=1S/C8H8BClO3/c1-5-2-3-7(10)6(4-11)8(5)9(12)13/h2-4,12-13H,1H3. The Kier molecular flexibility index (Phi) is 3.09. The van der Waals surface area contributed by atoms with E-state index in [2.05, 4.69) is 0 Å². The highest BCUT2D eigenvalue weighted by Gasteiger charge is 2.20. The van der Waals surface area contributed by atoms with Crippen LogP contribution in [0.2, 0.25) is 5.02 Å². The van der Waals surface area contributed by atoms with Gasteiger partial charge in [-0.05, 0) is 18.5 Å². The summed E-state index contributed by atoms with van der Waals surface area (Å²) in [6.07, 6.45) is 0.518. The third-order valence-corrected chi connectivity index (χ3v) is 2.16. The van der Waals surface area contributed by atoms with E-state index in [1.54, 1.807) is 19.1 Å². The van der Waals surface area contributed by atoms with Gasteiger partial charge in [0.25, 0.3) is 0 Å². The van der Waals surface area contributed by atoms with Crippen LogP contribution in [-0.4, -0.2) is 23.5 Å². The lowest BCUT2D eigenvalue weighted by molar-refractivity contribution is 0.112. The molecule has 13 heavy (non-hydrogen) atoms. The van der Waals surface area contributed by atoms with Crippen LogP contribution >= 0.6 is 11.6 Å². The van der Waals surface area contributed by atoms with Crippen molar-refractivity contribution in [2.45, 2.75) is 6.92 Å². The fourth-order valence-electron chi connectivity index (χ4n) is 1.18. The van der Waals surface area contributed by atoms with Gasteiger partial charge in [0, 0.05) is 5.56 Å². The lowest BCUT2D eigenvalue weighted by atomic mass is 9.74. The van der Waals surface area contributed by atoms with Crippen LogP contribution in [0.5, 0.6) is 0 Å². The number of carbonyl (C=O) groups excluding carboxylic acids is 1. The van der Waals surface area contributed by atoms with Crippen LogP contribution in [0.1, 0.15) is 15.9 Å². The van der Waals surface area contributed by atoms with E-state index in [1.807, 2.05) is 0 Å². The molecular weight excluding hydrogens is 190 g/mol. The summed E-state index contributed by atoms with van der Waals surface area (Å²) in [6, 6.07) is 3.18. The minimum atomic E-state index is -1.67. The van der Waals surface area contributed by atoms with Crippen molar-refractivity contribution in [3.63, 3.8) is 0 Å². The molecule has 0 aliphatic heterocycles. The Morgan fingerprint density at radius 1 is 1.46 bits per heavy atom. The Morgan fingerprint density at radius 3 is 2.46 bits per heavy atom. The molecule has 1 rings (SSSR count). The van der Waals surface area contributed by atoms with Crippen LogP contribution in [0, 0.1) is 6.92 Å². The van der Waals surface area contributed by atoms with Gasteiger partial charge in [-0.2, -0.15) is 0 Å². The van der Waals surface area contributed by atoms with E-state index < -0.39 is 7.12 Å². The summed E-state index contributed by atoms with van der Waals surface area (Å²) in [4.78, 5) is 10.6. The molecule has 0 spiro atoms. The van der Waals surface area contributed by atoms with Gasteiger partial charge in [-0.3, -0.25) is 4.79 Å². The molecule has 1 aromatic rings. The zero-order valence-corrected chi connectivity index (χ0v) is 7.75. The van der Waals surface area contributed by atoms with Crippen molar-refractivity contribution in [3.8, 4) is 0 Å². The zero-order chi connectivity index (χ0) is 10.0. The van der Waals surface area contributed by atoms with Crippen molar-refractivity contribution in [2.75, 3.05) is 0 Å². The average molecular weight is 198 g/mol. The highest BCUT2D eigenvalue weighted by Crippen LogP contribution is 2.13. The third kappa shape index (κ3) is 1.91. The maximum Gasteiger partial charge on any atom is 0.489 e. The molecule has 0 amide bonds. The van der Waals surface area contributed by atoms with Gasteiger partial charge in [-0.25, -0.2) is 0 Å². The highest BCUT2D eigenvalue weighted by molar-refractivity contribution is 6.61. The van der Waals surface area contributed by atoms with E-state index >= 15 is 0 Å². The van der Waals surface area contributed by atoms with E-state index in [0.29, 0.717) is 11.8 Å². The topological polar surface area (TPSA) is 57.5 Å². The van der Waals surface area contributed by atoms with Crippen LogP contribution in [0.3, 0.4) is 0 Å². The van der Waals surface area contributed by atoms with Crippen molar-refractivity contribution >= 4 is 30.5 Å². The normalized spacial score (nSPS) is 9.85. The summed E-state index contributed by atoms with van der Waals surface area (Å²) in [7, 11) is -1.67. The number of hydrogen-bond acceptors (Lipinski definition) is 3. The first-order chi connectivity index (χ1) is 6.07. The van der Waals surface area contributed by atoms with E-state index in [9.17, 15) is 4.79 Å². The highest BCUT2D eigenvalue weighted by atomic mass is 35.5. The SMILES string of the molecule is Cc1ccc(Cl)c(C=O)c1B(O)O. The molecule has 0 aliphatic carbocycles. The fourth-order valence-corrected chi connectivity index (χ4v) is 1.39. The van der Waals surface area contributed by atoms with Crippen LogP contribution in [-0.2, 0) is 0 Å². The van der Waals surface area contributed by atoms with Gasteiger partial charge in [0.1, 0.15) is 0 Å². The first kappa shape index (κ1) is 10.2. The largest absolute Gasteiger partial charge is 0.489 e. The quantitative estimate of drug-likeness (QED) is 0.525. The van der Waals surface area contributed by atoms with E-state index in [4.69, 9.17) is 21.6 Å². The van der Waals surface area contributed by atoms with E-state index in [1.165, 1.54) is 0 Å². The minimum absolute atomic E-state index is 0.136. The smallest absolute Gasteiger partial charge is 0.423 e. The Balaban J connectivity index is 3.43. The molecule has 0 unspecified atom stereocenters. The molecule has 3 nitrogen and oxygen atoms in total. The Labute approximate surface area is 81.1 Å². The minimum Gasteiger partial charge on any atom is -0.423 e. The number of rotatable bonds is 2. The number of aryl methyl sites for hydroxylation is 1. The molecule has 2 N–H and O–H groups in total. The second kappa shape index (κ2) is 3.92. The Hall–Kier alpha value is -0.835. The number of halogens is 1. The first-order valence-electron chi connectivity index (χ1n) is 3.68. The lowest BCUT2D eigenvalue weighted by Crippen LogP contribution is -2.35. The van der Waals surface area contributed by atoms with Crippen molar-refractivity contribution in [3.05, 3.63) is 28.3 Å². The van der Waals surface area contributed by atoms with Gasteiger partial charge in [0.15, 0.2) is 6.29 Å². The molecule has 0 aromatic heterocycles. The van der Waals surface area contributed by atoms with Crippen LogP contribution < -0.4 is 5.46 Å². The molecule has 0 saturated heterocycles. The van der Waals surface area contributed by atoms with Crippen molar-refractivity contribution in [2.24, 2.45) is 0 Å². The molecular formula is C8H8BClO3. The van der Waals surface area contributed by atoms with Crippen molar-refractivity contribution < 1.29 is 14.8 Å². The molecule has 0 radical (unpaired) electrons. The molecule has 0 fully saturated rings. The number of carbonyl (C=O) groups is 1. The van der Waals surface area contributed by atoms with Gasteiger partial charge in [0.05, 0.1) is 5.02 Å². The van der Waals surface area contributed by atoms with Gasteiger partial charge >= 0.3 is 7.12 Å². The Morgan fingerprint density at radius 2 is 2.08 bits per heavy atom. The molecule has 0 atom stereocenters. The number of benzene rings is 1. The molecule has 1 aromatic carbocycles. The summed E-state index contributed by atoms with van der Waals surface area (Å²) in [5.41, 5.74) is 0.931. The first-order valence-corrected chi connectivity index (χ1v) is 4.06. The second-order valence-corrected chi connectivity index (χ2v) is 3.09. The summed E-state index contributed by atoms with van der Waals surface area (Å²) in [5, 5.41) is 18.2. The second-order valence-electron chi connectivity index (χ2n) is 2.68.